The van der Waals surface area contributed by atoms with Crippen molar-refractivity contribution in [1.82, 2.24) is 5.32 Å². The van der Waals surface area contributed by atoms with E-state index in [1.165, 1.54) is 31.2 Å². The number of amides is 1. The van der Waals surface area contributed by atoms with Crippen molar-refractivity contribution in [1.29, 1.82) is 0 Å². The van der Waals surface area contributed by atoms with Gasteiger partial charge in [0.2, 0.25) is 5.91 Å². The van der Waals surface area contributed by atoms with E-state index < -0.39 is 0 Å². The molecule has 0 saturated heterocycles. The van der Waals surface area contributed by atoms with E-state index >= 15 is 0 Å². The minimum absolute atomic E-state index is 0.166. The van der Waals surface area contributed by atoms with Gasteiger partial charge in [0.15, 0.2) is 0 Å². The van der Waals surface area contributed by atoms with Crippen molar-refractivity contribution in [2.24, 2.45) is 5.41 Å². The molecule has 0 bridgehead atoms. The molecule has 0 radical (unpaired) electrons. The molecule has 0 unspecified atom stereocenters. The summed E-state index contributed by atoms with van der Waals surface area (Å²) in [5, 5.41) is 3.09. The molecule has 0 atom stereocenters. The molecule has 0 aromatic heterocycles. The molecule has 3 nitrogen and oxygen atoms in total. The van der Waals surface area contributed by atoms with Gasteiger partial charge in [-0.25, -0.2) is 0 Å². The third-order valence-electron chi connectivity index (χ3n) is 4.02. The SMILES string of the molecule is CCCC1(CNC(=O)CCc2ccc(N)cc2)CC1. The maximum absolute atomic E-state index is 11.8. The number of aryl methyl sites for hydroxylation is 1. The second-order valence-electron chi connectivity index (χ2n) is 5.77. The zero-order valence-electron chi connectivity index (χ0n) is 11.7. The van der Waals surface area contributed by atoms with Crippen LogP contribution in [0.5, 0.6) is 0 Å². The first-order chi connectivity index (χ1) is 9.13. The summed E-state index contributed by atoms with van der Waals surface area (Å²) in [7, 11) is 0. The number of nitrogens with two attached hydrogens (primary N) is 1. The Hall–Kier alpha value is -1.51. The molecule has 19 heavy (non-hydrogen) atoms. The Morgan fingerprint density at radius 1 is 1.32 bits per heavy atom. The van der Waals surface area contributed by atoms with Gasteiger partial charge in [0.1, 0.15) is 0 Å². The van der Waals surface area contributed by atoms with Crippen molar-refractivity contribution in [3.63, 3.8) is 0 Å². The van der Waals surface area contributed by atoms with Gasteiger partial charge in [0.05, 0.1) is 0 Å². The van der Waals surface area contributed by atoms with Gasteiger partial charge in [-0.2, -0.15) is 0 Å². The molecule has 1 aliphatic rings. The van der Waals surface area contributed by atoms with Gasteiger partial charge in [-0.15, -0.1) is 0 Å². The van der Waals surface area contributed by atoms with Gasteiger partial charge in [0.25, 0.3) is 0 Å². The molecular weight excluding hydrogens is 236 g/mol. The van der Waals surface area contributed by atoms with Crippen LogP contribution in [0, 0.1) is 5.41 Å². The molecule has 3 N–H and O–H groups in total. The maximum atomic E-state index is 11.8. The van der Waals surface area contributed by atoms with E-state index in [0.717, 1.165) is 18.7 Å². The van der Waals surface area contributed by atoms with Crippen LogP contribution in [0.2, 0.25) is 0 Å². The highest BCUT2D eigenvalue weighted by molar-refractivity contribution is 5.76. The van der Waals surface area contributed by atoms with E-state index in [0.29, 0.717) is 11.8 Å². The Morgan fingerprint density at radius 3 is 2.58 bits per heavy atom. The molecule has 0 spiro atoms. The van der Waals surface area contributed by atoms with Crippen LogP contribution in [0.15, 0.2) is 24.3 Å². The van der Waals surface area contributed by atoms with Crippen molar-refractivity contribution >= 4 is 11.6 Å². The van der Waals surface area contributed by atoms with Crippen molar-refractivity contribution in [3.8, 4) is 0 Å². The Balaban J connectivity index is 1.69. The van der Waals surface area contributed by atoms with Crippen LogP contribution in [-0.2, 0) is 11.2 Å². The molecular formula is C16H24N2O. The molecule has 1 amide bonds. The summed E-state index contributed by atoms with van der Waals surface area (Å²) in [5.74, 6) is 0.166. The summed E-state index contributed by atoms with van der Waals surface area (Å²) in [6.07, 6.45) is 6.35. The predicted octanol–water partition coefficient (Wildman–Crippen LogP) is 2.90. The van der Waals surface area contributed by atoms with Crippen molar-refractivity contribution in [2.75, 3.05) is 12.3 Å². The molecule has 1 aliphatic carbocycles. The minimum Gasteiger partial charge on any atom is -0.399 e. The highest BCUT2D eigenvalue weighted by atomic mass is 16.1. The van der Waals surface area contributed by atoms with Gasteiger partial charge >= 0.3 is 0 Å². The Bertz CT molecular complexity index is 421. The lowest BCUT2D eigenvalue weighted by molar-refractivity contribution is -0.121. The van der Waals surface area contributed by atoms with E-state index in [1.54, 1.807) is 0 Å². The zero-order valence-corrected chi connectivity index (χ0v) is 11.7. The number of hydrogen-bond acceptors (Lipinski definition) is 2. The van der Waals surface area contributed by atoms with Crippen LogP contribution < -0.4 is 11.1 Å². The highest BCUT2D eigenvalue weighted by Gasteiger charge is 2.41. The lowest BCUT2D eigenvalue weighted by Gasteiger charge is -2.14. The van der Waals surface area contributed by atoms with Gasteiger partial charge in [0, 0.05) is 18.7 Å². The number of nitrogens with one attached hydrogen (secondary N) is 1. The summed E-state index contributed by atoms with van der Waals surface area (Å²) in [6.45, 7) is 3.07. The first kappa shape index (κ1) is 13.9. The fraction of sp³-hybridized carbons (Fsp3) is 0.562. The smallest absolute Gasteiger partial charge is 0.220 e. The first-order valence-electron chi connectivity index (χ1n) is 7.25. The van der Waals surface area contributed by atoms with Crippen LogP contribution in [0.25, 0.3) is 0 Å². The zero-order chi connectivity index (χ0) is 13.7. The van der Waals surface area contributed by atoms with E-state index in [1.807, 2.05) is 24.3 Å². The summed E-state index contributed by atoms with van der Waals surface area (Å²) in [6, 6.07) is 7.74. The fourth-order valence-electron chi connectivity index (χ4n) is 2.54. The number of anilines is 1. The van der Waals surface area contributed by atoms with Crippen LogP contribution in [0.1, 0.15) is 44.6 Å². The van der Waals surface area contributed by atoms with Crippen molar-refractivity contribution in [2.45, 2.75) is 45.4 Å². The predicted molar refractivity (Wildman–Crippen MR) is 78.8 cm³/mol. The fourth-order valence-corrected chi connectivity index (χ4v) is 2.54. The standard InChI is InChI=1S/C16H24N2O/c1-2-9-16(10-11-16)12-18-15(19)8-5-13-3-6-14(17)7-4-13/h3-4,6-7H,2,5,8-12,17H2,1H3,(H,18,19). The average molecular weight is 260 g/mol. The Morgan fingerprint density at radius 2 is 2.00 bits per heavy atom. The highest BCUT2D eigenvalue weighted by Crippen LogP contribution is 2.48. The molecule has 0 aliphatic heterocycles. The normalized spacial score (nSPS) is 16.1. The van der Waals surface area contributed by atoms with Crippen LogP contribution in [0.4, 0.5) is 5.69 Å². The Kier molecular flexibility index (Phi) is 4.46. The average Bonchev–Trinajstić information content (AvgIpc) is 3.17. The van der Waals surface area contributed by atoms with Gasteiger partial charge in [-0.3, -0.25) is 4.79 Å². The second kappa shape index (κ2) is 6.09. The second-order valence-corrected chi connectivity index (χ2v) is 5.77. The molecule has 1 saturated carbocycles. The number of carbonyl (C=O) groups is 1. The maximum Gasteiger partial charge on any atom is 0.220 e. The molecule has 2 rings (SSSR count). The molecule has 1 aromatic rings. The van der Waals surface area contributed by atoms with E-state index in [4.69, 9.17) is 5.73 Å². The number of rotatable bonds is 7. The topological polar surface area (TPSA) is 55.1 Å². The lowest BCUT2D eigenvalue weighted by atomic mass is 10.0. The molecule has 3 heteroatoms. The quantitative estimate of drug-likeness (QED) is 0.741. The van der Waals surface area contributed by atoms with Crippen LogP contribution in [-0.4, -0.2) is 12.5 Å². The summed E-state index contributed by atoms with van der Waals surface area (Å²) in [4.78, 5) is 11.8. The van der Waals surface area contributed by atoms with Gasteiger partial charge in [-0.05, 0) is 48.8 Å². The minimum atomic E-state index is 0.166. The van der Waals surface area contributed by atoms with E-state index in [2.05, 4.69) is 12.2 Å². The third-order valence-corrected chi connectivity index (χ3v) is 4.02. The monoisotopic (exact) mass is 260 g/mol. The number of carbonyl (C=O) groups excluding carboxylic acids is 1. The number of nitrogen functional groups attached to an aromatic ring is 1. The summed E-state index contributed by atoms with van der Waals surface area (Å²) in [5.41, 5.74) is 8.00. The van der Waals surface area contributed by atoms with Crippen molar-refractivity contribution < 1.29 is 4.79 Å². The third kappa shape index (κ3) is 4.27. The van der Waals surface area contributed by atoms with Crippen LogP contribution >= 0.6 is 0 Å². The number of hydrogen-bond donors (Lipinski definition) is 2. The molecule has 1 aromatic carbocycles. The lowest BCUT2D eigenvalue weighted by Crippen LogP contribution is -2.30. The van der Waals surface area contributed by atoms with E-state index in [9.17, 15) is 4.79 Å². The number of benzene rings is 1. The van der Waals surface area contributed by atoms with Crippen LogP contribution in [0.3, 0.4) is 0 Å². The molecule has 0 heterocycles. The first-order valence-corrected chi connectivity index (χ1v) is 7.25. The summed E-state index contributed by atoms with van der Waals surface area (Å²) < 4.78 is 0. The van der Waals surface area contributed by atoms with Crippen molar-refractivity contribution in [3.05, 3.63) is 29.8 Å². The molecule has 104 valence electrons. The largest absolute Gasteiger partial charge is 0.399 e. The summed E-state index contributed by atoms with van der Waals surface area (Å²) >= 11 is 0. The van der Waals surface area contributed by atoms with Gasteiger partial charge < -0.3 is 11.1 Å². The van der Waals surface area contributed by atoms with Gasteiger partial charge in [-0.1, -0.05) is 25.5 Å². The molecule has 1 fully saturated rings. The Labute approximate surface area is 115 Å². The van der Waals surface area contributed by atoms with E-state index in [-0.39, 0.29) is 5.91 Å².